The molecule has 5 bridgehead atoms. The van der Waals surface area contributed by atoms with E-state index in [1.165, 1.54) is 44.2 Å². The van der Waals surface area contributed by atoms with Crippen LogP contribution in [0.1, 0.15) is 80.6 Å². The minimum Gasteiger partial charge on any atom is -0.434 e. The Kier molecular flexibility index (Phi) is 5.57. The van der Waals surface area contributed by atoms with E-state index in [0.717, 1.165) is 43.4 Å². The highest BCUT2D eigenvalue weighted by atomic mass is 31.2. The van der Waals surface area contributed by atoms with Gasteiger partial charge in [-0.3, -0.25) is 13.9 Å². The van der Waals surface area contributed by atoms with Gasteiger partial charge < -0.3 is 19.1 Å². The van der Waals surface area contributed by atoms with Crippen molar-refractivity contribution in [2.24, 2.45) is 28.6 Å². The third-order valence-electron chi connectivity index (χ3n) is 13.4. The van der Waals surface area contributed by atoms with E-state index in [9.17, 15) is 19.0 Å². The molecule has 238 valence electrons. The second-order valence-electron chi connectivity index (χ2n) is 15.3. The predicted octanol–water partition coefficient (Wildman–Crippen LogP) is 5.69. The zero-order chi connectivity index (χ0) is 31.1. The number of rotatable bonds is 7. The summed E-state index contributed by atoms with van der Waals surface area (Å²) in [6.45, 7) is -0.781. The molecule has 1 spiro atoms. The van der Waals surface area contributed by atoms with Crippen molar-refractivity contribution in [3.63, 3.8) is 0 Å². The van der Waals surface area contributed by atoms with Gasteiger partial charge in [0, 0.05) is 35.2 Å². The molecule has 9 nitrogen and oxygen atoms in total. The fourth-order valence-corrected chi connectivity index (χ4v) is 13.3. The summed E-state index contributed by atoms with van der Waals surface area (Å²) in [5.74, 6) is 2.00. The Bertz CT molecular complexity index is 1960. The van der Waals surface area contributed by atoms with E-state index in [1.54, 1.807) is 41.0 Å². The second-order valence-corrected chi connectivity index (χ2v) is 17.1. The number of aromatic nitrogens is 2. The molecule has 0 amide bonds. The minimum atomic E-state index is -4.74. The summed E-state index contributed by atoms with van der Waals surface area (Å²) in [7, 11) is -4.74. The van der Waals surface area contributed by atoms with Crippen LogP contribution >= 0.6 is 7.60 Å². The van der Waals surface area contributed by atoms with Gasteiger partial charge in [0.2, 0.25) is 12.2 Å². The lowest BCUT2D eigenvalue weighted by Gasteiger charge is -2.63. The summed E-state index contributed by atoms with van der Waals surface area (Å²) in [5.41, 5.74) is 3.01. The molecule has 2 aliphatic heterocycles. The molecule has 7 aliphatic rings. The quantitative estimate of drug-likeness (QED) is 0.200. The van der Waals surface area contributed by atoms with Crippen molar-refractivity contribution in [1.82, 2.24) is 14.5 Å². The van der Waals surface area contributed by atoms with E-state index in [0.29, 0.717) is 33.5 Å². The molecule has 1 saturated heterocycles. The standard InChI is InChI=1S/C36H38N3O6P/c40-32-31(46(42,43)45-21-44-33(41)23-7-2-1-3-8-23)37-28-11-4-5-12-29(28)38(32)27-14-25-9-6-10-26(15-27)39(25)35-16-22-13-24-18-34(20-35)19-30(34)36(24,35)17-22/h1-5,7-9,11-12,22,24,26-27,30H,6,10,13-21H2,(H,42,43)/t22-,24?,26?,27-,30?,34?,35-,36+/m0/s1. The molecule has 6 fully saturated rings. The third kappa shape index (κ3) is 3.49. The second kappa shape index (κ2) is 9.21. The van der Waals surface area contributed by atoms with Crippen LogP contribution in [-0.2, 0) is 13.8 Å². The van der Waals surface area contributed by atoms with E-state index < -0.39 is 31.4 Å². The number of benzene rings is 2. The first-order valence-electron chi connectivity index (χ1n) is 16.9. The number of para-hydroxylation sites is 2. The summed E-state index contributed by atoms with van der Waals surface area (Å²) < 4.78 is 25.6. The first kappa shape index (κ1) is 27.8. The Morgan fingerprint density at radius 1 is 1.02 bits per heavy atom. The lowest BCUT2D eigenvalue weighted by molar-refractivity contribution is -0.0914. The van der Waals surface area contributed by atoms with Crippen LogP contribution in [0.2, 0.25) is 0 Å². The molecule has 1 aromatic heterocycles. The summed E-state index contributed by atoms with van der Waals surface area (Å²) in [6.07, 6.45) is 14.6. The molecule has 5 unspecified atom stereocenters. The highest BCUT2D eigenvalue weighted by Gasteiger charge is 2.89. The van der Waals surface area contributed by atoms with E-state index >= 15 is 0 Å². The van der Waals surface area contributed by atoms with Crippen molar-refractivity contribution in [2.75, 3.05) is 6.79 Å². The van der Waals surface area contributed by atoms with Crippen LogP contribution in [0.3, 0.4) is 0 Å². The van der Waals surface area contributed by atoms with Crippen molar-refractivity contribution in [3.8, 4) is 0 Å². The van der Waals surface area contributed by atoms with Gasteiger partial charge in [-0.05, 0) is 105 Å². The zero-order valence-corrected chi connectivity index (χ0v) is 26.6. The Balaban J connectivity index is 0.973. The predicted molar refractivity (Wildman–Crippen MR) is 170 cm³/mol. The SMILES string of the molecule is O=C(OCOP(=O)(O)c1nc2ccccc2n([C@H]2CC3=CCCC(C2)N3[C@]23C[C@@H]4CC5CC6(CC6[C@@]52C4)C3)c1=O)c1ccccc1. The maximum atomic E-state index is 14.2. The molecule has 5 saturated carbocycles. The summed E-state index contributed by atoms with van der Waals surface area (Å²) in [4.78, 5) is 44.9. The van der Waals surface area contributed by atoms with Gasteiger partial charge in [-0.25, -0.2) is 9.78 Å². The van der Waals surface area contributed by atoms with Crippen LogP contribution in [0.15, 0.2) is 71.2 Å². The molecule has 5 aliphatic carbocycles. The van der Waals surface area contributed by atoms with Crippen LogP contribution in [0, 0.1) is 28.6 Å². The van der Waals surface area contributed by atoms with Gasteiger partial charge in [0.15, 0.2) is 0 Å². The minimum absolute atomic E-state index is 0.169. The lowest BCUT2D eigenvalue weighted by atomic mass is 9.57. The lowest BCUT2D eigenvalue weighted by Crippen LogP contribution is -2.65. The van der Waals surface area contributed by atoms with E-state index in [1.807, 2.05) is 18.2 Å². The Hall–Kier alpha value is -3.26. The molecule has 9 atom stereocenters. The largest absolute Gasteiger partial charge is 0.434 e. The van der Waals surface area contributed by atoms with Crippen LogP contribution < -0.4 is 11.0 Å². The van der Waals surface area contributed by atoms with Gasteiger partial charge in [0.25, 0.3) is 5.56 Å². The number of carbonyl (C=O) groups excluding carboxylic acids is 1. The number of ether oxygens (including phenoxy) is 1. The molecular formula is C36H38N3O6P. The number of nitrogens with zero attached hydrogens (tertiary/aromatic N) is 3. The molecular weight excluding hydrogens is 601 g/mol. The van der Waals surface area contributed by atoms with Gasteiger partial charge in [-0.1, -0.05) is 36.4 Å². The molecule has 0 radical (unpaired) electrons. The molecule has 3 heterocycles. The smallest absolute Gasteiger partial charge is 0.385 e. The molecule has 2 aromatic carbocycles. The number of esters is 1. The number of piperidine rings is 1. The van der Waals surface area contributed by atoms with Gasteiger partial charge in [-0.2, -0.15) is 0 Å². The maximum absolute atomic E-state index is 14.2. The summed E-state index contributed by atoms with van der Waals surface area (Å²) in [6, 6.07) is 15.8. The van der Waals surface area contributed by atoms with Crippen LogP contribution in [0.5, 0.6) is 0 Å². The Morgan fingerprint density at radius 2 is 1.85 bits per heavy atom. The van der Waals surface area contributed by atoms with Crippen molar-refractivity contribution >= 4 is 30.0 Å². The zero-order valence-electron chi connectivity index (χ0n) is 25.7. The number of hydrogen-bond acceptors (Lipinski definition) is 7. The maximum Gasteiger partial charge on any atom is 0.385 e. The summed E-state index contributed by atoms with van der Waals surface area (Å²) in [5, 5.41) is 0. The van der Waals surface area contributed by atoms with Gasteiger partial charge in [0.1, 0.15) is 0 Å². The van der Waals surface area contributed by atoms with E-state index in [2.05, 4.69) is 16.0 Å². The third-order valence-corrected chi connectivity index (χ3v) is 14.7. The van der Waals surface area contributed by atoms with Crippen LogP contribution in [0.25, 0.3) is 11.0 Å². The molecule has 1 N–H and O–H groups in total. The molecule has 3 aromatic rings. The van der Waals surface area contributed by atoms with Gasteiger partial charge in [-0.15, -0.1) is 0 Å². The normalized spacial score (nSPS) is 38.8. The van der Waals surface area contributed by atoms with Crippen molar-refractivity contribution in [1.29, 1.82) is 0 Å². The first-order valence-corrected chi connectivity index (χ1v) is 18.5. The van der Waals surface area contributed by atoms with Crippen LogP contribution in [0.4, 0.5) is 0 Å². The number of allylic oxidation sites excluding steroid dienone is 2. The van der Waals surface area contributed by atoms with Crippen molar-refractivity contribution in [3.05, 3.63) is 82.3 Å². The van der Waals surface area contributed by atoms with Gasteiger partial charge >= 0.3 is 13.6 Å². The fraction of sp³-hybridized carbons (Fsp3) is 0.528. The molecule has 46 heavy (non-hydrogen) atoms. The number of fused-ring (bicyclic) bond motifs is 5. The van der Waals surface area contributed by atoms with Crippen molar-refractivity contribution < 1.29 is 23.5 Å². The average Bonchev–Trinajstić information content (AvgIpc) is 3.25. The highest BCUT2D eigenvalue weighted by molar-refractivity contribution is 7.60. The number of carbonyl (C=O) groups is 1. The summed E-state index contributed by atoms with van der Waals surface area (Å²) >= 11 is 0. The number of hydrogen-bond donors (Lipinski definition) is 1. The van der Waals surface area contributed by atoms with Crippen molar-refractivity contribution in [2.45, 2.75) is 81.8 Å². The molecule has 10 heteroatoms. The molecule has 10 rings (SSSR count). The average molecular weight is 640 g/mol. The Morgan fingerprint density at radius 3 is 2.70 bits per heavy atom. The monoisotopic (exact) mass is 639 g/mol. The van der Waals surface area contributed by atoms with E-state index in [-0.39, 0.29) is 11.6 Å². The Labute approximate surface area is 267 Å². The highest BCUT2D eigenvalue weighted by Crippen LogP contribution is 2.93. The van der Waals surface area contributed by atoms with E-state index in [4.69, 9.17) is 9.26 Å². The first-order chi connectivity index (χ1) is 22.2. The fourth-order valence-electron chi connectivity index (χ4n) is 12.4. The van der Waals surface area contributed by atoms with Crippen LogP contribution in [-0.4, -0.2) is 43.7 Å². The topological polar surface area (TPSA) is 111 Å². The van der Waals surface area contributed by atoms with Gasteiger partial charge in [0.05, 0.1) is 16.6 Å².